The van der Waals surface area contributed by atoms with Gasteiger partial charge in [0.25, 0.3) is 0 Å². The molecule has 19 heavy (non-hydrogen) atoms. The zero-order valence-corrected chi connectivity index (χ0v) is 11.6. The second-order valence-corrected chi connectivity index (χ2v) is 5.23. The minimum absolute atomic E-state index is 0.229. The largest absolute Gasteiger partial charge is 0.481 e. The van der Waals surface area contributed by atoms with Crippen molar-refractivity contribution in [1.82, 2.24) is 4.90 Å². The molecule has 0 aliphatic heterocycles. The van der Waals surface area contributed by atoms with Crippen LogP contribution in [0.15, 0.2) is 24.3 Å². The number of carbonyl (C=O) groups is 1. The van der Waals surface area contributed by atoms with E-state index in [0.29, 0.717) is 12.6 Å². The average molecular weight is 261 g/mol. The van der Waals surface area contributed by atoms with E-state index in [1.807, 2.05) is 0 Å². The number of fused-ring (bicyclic) bond motifs is 1. The Hall–Kier alpha value is -1.35. The van der Waals surface area contributed by atoms with Crippen LogP contribution in [-0.2, 0) is 11.2 Å². The molecule has 1 atom stereocenters. The molecule has 0 fully saturated rings. The Bertz CT molecular complexity index is 431. The molecular formula is C16H23NO2. The van der Waals surface area contributed by atoms with Crippen LogP contribution in [0.2, 0.25) is 0 Å². The lowest BCUT2D eigenvalue weighted by Gasteiger charge is -2.31. The third-order valence-corrected chi connectivity index (χ3v) is 4.05. The minimum Gasteiger partial charge on any atom is -0.481 e. The van der Waals surface area contributed by atoms with Crippen molar-refractivity contribution in [3.63, 3.8) is 0 Å². The molecule has 0 saturated carbocycles. The van der Waals surface area contributed by atoms with Crippen LogP contribution >= 0.6 is 0 Å². The van der Waals surface area contributed by atoms with Crippen LogP contribution in [0.1, 0.15) is 49.8 Å². The molecule has 0 aromatic heterocycles. The fourth-order valence-electron chi connectivity index (χ4n) is 3.05. The normalized spacial score (nSPS) is 18.9. The van der Waals surface area contributed by atoms with Crippen molar-refractivity contribution in [3.05, 3.63) is 35.4 Å². The summed E-state index contributed by atoms with van der Waals surface area (Å²) in [6, 6.07) is 9.03. The first-order valence-corrected chi connectivity index (χ1v) is 7.26. The van der Waals surface area contributed by atoms with Crippen LogP contribution in [0.25, 0.3) is 0 Å². The molecule has 0 bridgehead atoms. The maximum atomic E-state index is 10.8. The van der Waals surface area contributed by atoms with Gasteiger partial charge < -0.3 is 5.11 Å². The summed E-state index contributed by atoms with van der Waals surface area (Å²) in [5.74, 6) is -0.708. The van der Waals surface area contributed by atoms with Crippen molar-refractivity contribution in [2.24, 2.45) is 0 Å². The number of aliphatic carboxylic acids is 1. The van der Waals surface area contributed by atoms with Crippen molar-refractivity contribution < 1.29 is 9.90 Å². The van der Waals surface area contributed by atoms with Crippen molar-refractivity contribution in [2.75, 3.05) is 13.1 Å². The highest BCUT2D eigenvalue weighted by atomic mass is 16.4. The fraction of sp³-hybridized carbons (Fsp3) is 0.562. The van der Waals surface area contributed by atoms with Crippen LogP contribution in [0.3, 0.4) is 0 Å². The molecule has 0 amide bonds. The second kappa shape index (κ2) is 6.71. The van der Waals surface area contributed by atoms with E-state index in [0.717, 1.165) is 19.4 Å². The summed E-state index contributed by atoms with van der Waals surface area (Å²) < 4.78 is 0. The van der Waals surface area contributed by atoms with Gasteiger partial charge in [-0.3, -0.25) is 9.69 Å². The van der Waals surface area contributed by atoms with Crippen molar-refractivity contribution in [2.45, 2.75) is 45.1 Å². The van der Waals surface area contributed by atoms with E-state index in [4.69, 9.17) is 5.11 Å². The lowest BCUT2D eigenvalue weighted by Crippen LogP contribution is -2.31. The molecule has 1 aliphatic rings. The van der Waals surface area contributed by atoms with E-state index in [9.17, 15) is 4.79 Å². The number of carboxylic acid groups (broad SMARTS) is 1. The van der Waals surface area contributed by atoms with E-state index >= 15 is 0 Å². The Kier molecular flexibility index (Phi) is 4.97. The quantitative estimate of drug-likeness (QED) is 0.827. The molecule has 2 rings (SSSR count). The summed E-state index contributed by atoms with van der Waals surface area (Å²) >= 11 is 0. The first-order chi connectivity index (χ1) is 9.22. The highest BCUT2D eigenvalue weighted by molar-refractivity contribution is 5.66. The Morgan fingerprint density at radius 3 is 2.89 bits per heavy atom. The van der Waals surface area contributed by atoms with Gasteiger partial charge in [-0.25, -0.2) is 0 Å². The summed E-state index contributed by atoms with van der Waals surface area (Å²) in [6.07, 6.45) is 4.99. The minimum atomic E-state index is -0.708. The summed E-state index contributed by atoms with van der Waals surface area (Å²) in [4.78, 5) is 13.1. The molecule has 1 aliphatic carbocycles. The van der Waals surface area contributed by atoms with Crippen LogP contribution in [-0.4, -0.2) is 29.1 Å². The van der Waals surface area contributed by atoms with E-state index in [1.165, 1.54) is 24.0 Å². The van der Waals surface area contributed by atoms with Gasteiger partial charge in [0.05, 0.1) is 6.42 Å². The molecule has 0 spiro atoms. The average Bonchev–Trinajstić information content (AvgIpc) is 2.62. The highest BCUT2D eigenvalue weighted by Gasteiger charge is 2.23. The van der Waals surface area contributed by atoms with Gasteiger partial charge in [-0.2, -0.15) is 0 Å². The van der Waals surface area contributed by atoms with E-state index < -0.39 is 5.97 Å². The van der Waals surface area contributed by atoms with Gasteiger partial charge in [0.1, 0.15) is 0 Å². The van der Waals surface area contributed by atoms with Gasteiger partial charge >= 0.3 is 5.97 Å². The van der Waals surface area contributed by atoms with Crippen molar-refractivity contribution >= 4 is 5.97 Å². The Balaban J connectivity index is 2.19. The highest BCUT2D eigenvalue weighted by Crippen LogP contribution is 2.33. The molecular weight excluding hydrogens is 238 g/mol. The van der Waals surface area contributed by atoms with Gasteiger partial charge in [0, 0.05) is 12.6 Å². The smallest absolute Gasteiger partial charge is 0.304 e. The lowest BCUT2D eigenvalue weighted by molar-refractivity contribution is -0.137. The van der Waals surface area contributed by atoms with Crippen LogP contribution < -0.4 is 0 Å². The molecule has 3 nitrogen and oxygen atoms in total. The Labute approximate surface area is 115 Å². The van der Waals surface area contributed by atoms with Gasteiger partial charge in [0.2, 0.25) is 0 Å². The van der Waals surface area contributed by atoms with Gasteiger partial charge in [-0.15, -0.1) is 0 Å². The number of carboxylic acids is 1. The Morgan fingerprint density at radius 2 is 2.16 bits per heavy atom. The number of aryl methyl sites for hydroxylation is 1. The van der Waals surface area contributed by atoms with Gasteiger partial charge in [-0.05, 0) is 36.9 Å². The van der Waals surface area contributed by atoms with Crippen LogP contribution in [0.4, 0.5) is 0 Å². The van der Waals surface area contributed by atoms with Crippen LogP contribution in [0.5, 0.6) is 0 Å². The topological polar surface area (TPSA) is 40.5 Å². The molecule has 0 radical (unpaired) electrons. The number of hydrogen-bond acceptors (Lipinski definition) is 2. The molecule has 104 valence electrons. The predicted octanol–water partition coefficient (Wildman–Crippen LogP) is 3.25. The Morgan fingerprint density at radius 1 is 1.37 bits per heavy atom. The molecule has 3 heteroatoms. The molecule has 1 aromatic rings. The summed E-state index contributed by atoms with van der Waals surface area (Å²) in [6.45, 7) is 3.67. The van der Waals surface area contributed by atoms with Crippen LogP contribution in [0, 0.1) is 0 Å². The van der Waals surface area contributed by atoms with Gasteiger partial charge in [0.15, 0.2) is 0 Å². The standard InChI is InChI=1S/C16H23NO2/c1-2-17(12-11-16(18)19)15-10-6-4-8-13-7-3-5-9-14(13)15/h3,5,7,9,15H,2,4,6,8,10-12H2,1H3,(H,18,19). The number of benzene rings is 1. The zero-order valence-electron chi connectivity index (χ0n) is 11.6. The molecule has 1 aromatic carbocycles. The number of rotatable bonds is 5. The predicted molar refractivity (Wildman–Crippen MR) is 76.2 cm³/mol. The maximum absolute atomic E-state index is 10.8. The SMILES string of the molecule is CCN(CCC(=O)O)C1CCCCc2ccccc21. The first-order valence-electron chi connectivity index (χ1n) is 7.26. The van der Waals surface area contributed by atoms with E-state index in [-0.39, 0.29) is 6.42 Å². The third kappa shape index (κ3) is 3.57. The molecule has 0 saturated heterocycles. The lowest BCUT2D eigenvalue weighted by atomic mass is 9.97. The van der Waals surface area contributed by atoms with E-state index in [2.05, 4.69) is 36.1 Å². The first kappa shape index (κ1) is 14.1. The van der Waals surface area contributed by atoms with Crippen molar-refractivity contribution in [3.8, 4) is 0 Å². The fourth-order valence-corrected chi connectivity index (χ4v) is 3.05. The third-order valence-electron chi connectivity index (χ3n) is 4.05. The summed E-state index contributed by atoms with van der Waals surface area (Å²) in [5.41, 5.74) is 2.85. The molecule has 0 heterocycles. The molecule has 1 N–H and O–H groups in total. The van der Waals surface area contributed by atoms with Crippen molar-refractivity contribution in [1.29, 1.82) is 0 Å². The maximum Gasteiger partial charge on any atom is 0.304 e. The summed E-state index contributed by atoms with van der Waals surface area (Å²) in [5, 5.41) is 8.88. The number of nitrogens with zero attached hydrogens (tertiary/aromatic N) is 1. The monoisotopic (exact) mass is 261 g/mol. The second-order valence-electron chi connectivity index (χ2n) is 5.23. The van der Waals surface area contributed by atoms with Gasteiger partial charge in [-0.1, -0.05) is 37.6 Å². The number of hydrogen-bond donors (Lipinski definition) is 1. The zero-order chi connectivity index (χ0) is 13.7. The summed E-state index contributed by atoms with van der Waals surface area (Å²) in [7, 11) is 0. The molecule has 1 unspecified atom stereocenters. The van der Waals surface area contributed by atoms with E-state index in [1.54, 1.807) is 0 Å².